The molecule has 0 bridgehead atoms. The fourth-order valence-electron chi connectivity index (χ4n) is 5.51. The third-order valence-electron chi connectivity index (χ3n) is 7.86. The zero-order valence-electron chi connectivity index (χ0n) is 22.4. The SMILES string of the molecule is CC(Cc1ccc(-n2ccc(N3CCN(C(=O)C(N)(S)S)CC3)nc2=O)cc1)N(C)C[C@H]1CCCC(N)C1. The number of hydrogen-bond acceptors (Lipinski definition) is 9. The predicted octanol–water partition coefficient (Wildman–Crippen LogP) is 1.73. The lowest BCUT2D eigenvalue weighted by Gasteiger charge is -2.37. The molecule has 0 radical (unpaired) electrons. The van der Waals surface area contributed by atoms with Gasteiger partial charge in [-0.15, -0.1) is 25.3 Å². The van der Waals surface area contributed by atoms with Crippen LogP contribution in [0.25, 0.3) is 5.69 Å². The second kappa shape index (κ2) is 12.4. The van der Waals surface area contributed by atoms with Crippen LogP contribution in [0.2, 0.25) is 0 Å². The first-order valence-electron chi connectivity index (χ1n) is 13.4. The van der Waals surface area contributed by atoms with E-state index in [-0.39, 0.29) is 11.6 Å². The molecule has 0 spiro atoms. The minimum Gasteiger partial charge on any atom is -0.353 e. The molecular formula is C27H41N7O2S2. The number of rotatable bonds is 8. The Bertz CT molecular complexity index is 1140. The number of nitrogens with two attached hydrogens (primary N) is 2. The molecule has 3 atom stereocenters. The Kier molecular flexibility index (Phi) is 9.46. The van der Waals surface area contributed by atoms with Crippen molar-refractivity contribution < 1.29 is 4.79 Å². The van der Waals surface area contributed by atoms with Crippen LogP contribution in [-0.2, 0) is 11.2 Å². The van der Waals surface area contributed by atoms with Crippen LogP contribution in [0, 0.1) is 5.92 Å². The minimum atomic E-state index is -1.49. The summed E-state index contributed by atoms with van der Waals surface area (Å²) in [5, 5.41) is 0. The topological polar surface area (TPSA) is 114 Å². The third kappa shape index (κ3) is 7.32. The molecule has 1 aliphatic heterocycles. The Morgan fingerprint density at radius 1 is 1.16 bits per heavy atom. The van der Waals surface area contributed by atoms with Crippen molar-refractivity contribution >= 4 is 37.0 Å². The number of thiol groups is 2. The van der Waals surface area contributed by atoms with E-state index in [2.05, 4.69) is 61.2 Å². The van der Waals surface area contributed by atoms with Crippen LogP contribution in [0.1, 0.15) is 38.2 Å². The number of amides is 1. The van der Waals surface area contributed by atoms with Gasteiger partial charge < -0.3 is 26.2 Å². The number of likely N-dealkylation sites (N-methyl/N-ethyl adjacent to an activating group) is 1. The maximum absolute atomic E-state index is 12.9. The second-order valence-electron chi connectivity index (χ2n) is 10.9. The summed E-state index contributed by atoms with van der Waals surface area (Å²) in [6.07, 6.45) is 7.51. The molecule has 1 saturated heterocycles. The fourth-order valence-corrected chi connectivity index (χ4v) is 5.80. The van der Waals surface area contributed by atoms with Crippen molar-refractivity contribution in [2.24, 2.45) is 17.4 Å². The number of piperazine rings is 1. The lowest BCUT2D eigenvalue weighted by Crippen LogP contribution is -2.55. The number of benzene rings is 1. The molecule has 11 heteroatoms. The minimum absolute atomic E-state index is 0.328. The molecule has 2 aromatic rings. The molecule has 9 nitrogen and oxygen atoms in total. The molecule has 4 rings (SSSR count). The number of anilines is 1. The van der Waals surface area contributed by atoms with Gasteiger partial charge in [-0.2, -0.15) is 4.98 Å². The van der Waals surface area contributed by atoms with Gasteiger partial charge in [-0.05, 0) is 69.3 Å². The Hall–Kier alpha value is -2.05. The van der Waals surface area contributed by atoms with Gasteiger partial charge in [-0.3, -0.25) is 9.36 Å². The lowest BCUT2D eigenvalue weighted by atomic mass is 9.85. The third-order valence-corrected chi connectivity index (χ3v) is 8.24. The van der Waals surface area contributed by atoms with Gasteiger partial charge in [-0.25, -0.2) is 4.79 Å². The van der Waals surface area contributed by atoms with Crippen LogP contribution >= 0.6 is 25.3 Å². The van der Waals surface area contributed by atoms with Crippen LogP contribution in [-0.4, -0.2) is 81.3 Å². The summed E-state index contributed by atoms with van der Waals surface area (Å²) in [5.74, 6) is 0.959. The predicted molar refractivity (Wildman–Crippen MR) is 159 cm³/mol. The molecule has 2 aliphatic rings. The van der Waals surface area contributed by atoms with Crippen molar-refractivity contribution in [2.75, 3.05) is 44.7 Å². The highest BCUT2D eigenvalue weighted by molar-refractivity contribution is 8.01. The molecule has 1 amide bonds. The van der Waals surface area contributed by atoms with Crippen LogP contribution in [0.5, 0.6) is 0 Å². The highest BCUT2D eigenvalue weighted by Gasteiger charge is 2.32. The Balaban J connectivity index is 1.33. The monoisotopic (exact) mass is 559 g/mol. The van der Waals surface area contributed by atoms with Gasteiger partial charge in [0.2, 0.25) is 0 Å². The van der Waals surface area contributed by atoms with Gasteiger partial charge in [0.05, 0.1) is 5.69 Å². The maximum atomic E-state index is 12.9. The number of carbonyl (C=O) groups excluding carboxylic acids is 1. The molecule has 1 aromatic heterocycles. The Morgan fingerprint density at radius 3 is 2.45 bits per heavy atom. The van der Waals surface area contributed by atoms with E-state index in [4.69, 9.17) is 11.5 Å². The van der Waals surface area contributed by atoms with Gasteiger partial charge in [0.25, 0.3) is 5.91 Å². The Morgan fingerprint density at radius 2 is 1.84 bits per heavy atom. The number of hydrogen-bond donors (Lipinski definition) is 4. The van der Waals surface area contributed by atoms with Crippen molar-refractivity contribution in [3.8, 4) is 5.69 Å². The van der Waals surface area contributed by atoms with E-state index in [1.54, 1.807) is 15.7 Å². The largest absolute Gasteiger partial charge is 0.354 e. The first-order valence-corrected chi connectivity index (χ1v) is 14.3. The van der Waals surface area contributed by atoms with E-state index in [0.717, 1.165) is 31.5 Å². The van der Waals surface area contributed by atoms with Gasteiger partial charge >= 0.3 is 5.69 Å². The summed E-state index contributed by atoms with van der Waals surface area (Å²) in [5.41, 5.74) is 13.6. The average Bonchev–Trinajstić information content (AvgIpc) is 2.88. The summed E-state index contributed by atoms with van der Waals surface area (Å²) < 4.78 is 0.0630. The summed E-state index contributed by atoms with van der Waals surface area (Å²) >= 11 is 8.09. The molecule has 208 valence electrons. The lowest BCUT2D eigenvalue weighted by molar-refractivity contribution is -0.131. The summed E-state index contributed by atoms with van der Waals surface area (Å²) in [6.45, 7) is 5.38. The zero-order valence-corrected chi connectivity index (χ0v) is 24.2. The van der Waals surface area contributed by atoms with E-state index in [1.807, 2.05) is 23.1 Å². The smallest absolute Gasteiger partial charge is 0.353 e. The molecular weight excluding hydrogens is 518 g/mol. The van der Waals surface area contributed by atoms with Crippen molar-refractivity contribution in [2.45, 2.75) is 55.3 Å². The van der Waals surface area contributed by atoms with E-state index in [1.165, 1.54) is 18.4 Å². The zero-order chi connectivity index (χ0) is 27.4. The van der Waals surface area contributed by atoms with Gasteiger partial charge in [0.15, 0.2) is 4.20 Å². The standard InChI is InChI=1S/C27H41N7O2S2/c1-19(31(2)18-21-4-3-5-22(28)17-21)16-20-6-8-23(9-7-20)34-11-10-24(30-26(34)36)32-12-14-33(15-13-32)25(35)27(29,37)38/h6-11,19,21-22,37-38H,3-5,12-18,28-29H2,1-2H3/t19?,21-,22?/m0/s1. The molecule has 2 heterocycles. The van der Waals surface area contributed by atoms with Gasteiger partial charge in [-0.1, -0.05) is 18.6 Å². The van der Waals surface area contributed by atoms with Crippen LogP contribution < -0.4 is 22.1 Å². The van der Waals surface area contributed by atoms with E-state index in [9.17, 15) is 9.59 Å². The normalized spacial score (nSPS) is 21.6. The Labute approximate surface area is 236 Å². The van der Waals surface area contributed by atoms with E-state index in [0.29, 0.717) is 50.0 Å². The molecule has 1 saturated carbocycles. The molecule has 2 fully saturated rings. The molecule has 38 heavy (non-hydrogen) atoms. The second-order valence-corrected chi connectivity index (χ2v) is 12.7. The van der Waals surface area contributed by atoms with Gasteiger partial charge in [0.1, 0.15) is 5.82 Å². The van der Waals surface area contributed by atoms with Gasteiger partial charge in [0, 0.05) is 51.0 Å². The number of aromatic nitrogens is 2. The van der Waals surface area contributed by atoms with Crippen molar-refractivity contribution in [1.29, 1.82) is 0 Å². The van der Waals surface area contributed by atoms with Crippen LogP contribution in [0.15, 0.2) is 41.3 Å². The average molecular weight is 560 g/mol. The number of nitrogens with zero attached hydrogens (tertiary/aromatic N) is 5. The van der Waals surface area contributed by atoms with E-state index < -0.39 is 4.20 Å². The van der Waals surface area contributed by atoms with E-state index >= 15 is 0 Å². The fraction of sp³-hybridized carbons (Fsp3) is 0.593. The van der Waals surface area contributed by atoms with Crippen molar-refractivity contribution in [3.63, 3.8) is 0 Å². The molecule has 2 unspecified atom stereocenters. The number of carbonyl (C=O) groups is 1. The summed E-state index contributed by atoms with van der Waals surface area (Å²) in [4.78, 5) is 35.5. The first kappa shape index (κ1) is 28.9. The van der Waals surface area contributed by atoms with Crippen LogP contribution in [0.4, 0.5) is 5.82 Å². The van der Waals surface area contributed by atoms with Crippen LogP contribution in [0.3, 0.4) is 0 Å². The van der Waals surface area contributed by atoms with Crippen molar-refractivity contribution in [1.82, 2.24) is 19.4 Å². The summed E-state index contributed by atoms with van der Waals surface area (Å²) in [6, 6.07) is 10.7. The quantitative estimate of drug-likeness (QED) is 0.288. The maximum Gasteiger partial charge on any atom is 0.354 e. The first-order chi connectivity index (χ1) is 18.0. The summed E-state index contributed by atoms with van der Waals surface area (Å²) in [7, 11) is 2.20. The molecule has 1 aliphatic carbocycles. The highest BCUT2D eigenvalue weighted by atomic mass is 32.2. The molecule has 4 N–H and O–H groups in total. The highest BCUT2D eigenvalue weighted by Crippen LogP contribution is 2.25. The van der Waals surface area contributed by atoms with Crippen molar-refractivity contribution in [3.05, 3.63) is 52.6 Å². The molecule has 1 aromatic carbocycles.